The Morgan fingerprint density at radius 1 is 1.13 bits per heavy atom. The highest BCUT2D eigenvalue weighted by Gasteiger charge is 2.30. The van der Waals surface area contributed by atoms with Gasteiger partial charge in [-0.25, -0.2) is 0 Å². The first-order valence-corrected chi connectivity index (χ1v) is 10.2. The molecular weight excluding hydrogens is 398 g/mol. The Morgan fingerprint density at radius 3 is 2.32 bits per heavy atom. The van der Waals surface area contributed by atoms with Gasteiger partial charge in [0, 0.05) is 24.2 Å². The fourth-order valence-corrected chi connectivity index (χ4v) is 3.33. The largest absolute Gasteiger partial charge is 0.497 e. The molecule has 0 unspecified atom stereocenters. The lowest BCUT2D eigenvalue weighted by Gasteiger charge is -2.31. The second-order valence-corrected chi connectivity index (χ2v) is 7.52. The second kappa shape index (κ2) is 11.1. The predicted molar refractivity (Wildman–Crippen MR) is 118 cm³/mol. The normalized spacial score (nSPS) is 11.6. The molecule has 166 valence electrons. The number of ether oxygens (including phenoxy) is 1. The van der Waals surface area contributed by atoms with Gasteiger partial charge in [-0.1, -0.05) is 37.3 Å². The van der Waals surface area contributed by atoms with Crippen LogP contribution in [0.25, 0.3) is 0 Å². The molecule has 0 fully saturated rings. The fraction of sp³-hybridized carbons (Fsp3) is 0.391. The van der Waals surface area contributed by atoms with Crippen LogP contribution < -0.4 is 10.1 Å². The molecule has 0 saturated carbocycles. The summed E-state index contributed by atoms with van der Waals surface area (Å²) in [6.45, 7) is 5.75. The molecule has 8 heteroatoms. The summed E-state index contributed by atoms with van der Waals surface area (Å²) in [6, 6.07) is 12.6. The minimum Gasteiger partial charge on any atom is -0.497 e. The lowest BCUT2D eigenvalue weighted by Crippen LogP contribution is -2.50. The van der Waals surface area contributed by atoms with E-state index in [0.717, 1.165) is 5.56 Å². The number of amides is 2. The summed E-state index contributed by atoms with van der Waals surface area (Å²) in [4.78, 5) is 38.5. The van der Waals surface area contributed by atoms with Gasteiger partial charge in [-0.05, 0) is 38.0 Å². The maximum Gasteiger partial charge on any atom is 0.273 e. The summed E-state index contributed by atoms with van der Waals surface area (Å²) in [5, 5.41) is 14.2. The molecule has 0 aliphatic heterocycles. The number of hydrogen-bond acceptors (Lipinski definition) is 5. The van der Waals surface area contributed by atoms with E-state index in [4.69, 9.17) is 4.74 Å². The summed E-state index contributed by atoms with van der Waals surface area (Å²) in [5.74, 6) is 0.0870. The third kappa shape index (κ3) is 6.53. The number of rotatable bonds is 10. The first-order valence-electron chi connectivity index (χ1n) is 10.2. The van der Waals surface area contributed by atoms with Crippen LogP contribution in [0.5, 0.6) is 5.75 Å². The third-order valence-electron chi connectivity index (χ3n) is 4.86. The Kier molecular flexibility index (Phi) is 8.54. The molecule has 8 nitrogen and oxygen atoms in total. The average Bonchev–Trinajstić information content (AvgIpc) is 2.73. The van der Waals surface area contributed by atoms with E-state index in [1.807, 2.05) is 32.9 Å². The lowest BCUT2D eigenvalue weighted by molar-refractivity contribution is -0.385. The highest BCUT2D eigenvalue weighted by atomic mass is 16.6. The number of nitrogens with zero attached hydrogens (tertiary/aromatic N) is 2. The molecule has 0 bridgehead atoms. The quantitative estimate of drug-likeness (QED) is 0.462. The molecule has 0 saturated heterocycles. The highest BCUT2D eigenvalue weighted by Crippen LogP contribution is 2.21. The summed E-state index contributed by atoms with van der Waals surface area (Å²) < 4.78 is 5.18. The number of methoxy groups -OCH3 is 1. The topological polar surface area (TPSA) is 102 Å². The van der Waals surface area contributed by atoms with Gasteiger partial charge in [-0.15, -0.1) is 0 Å². The van der Waals surface area contributed by atoms with Gasteiger partial charge in [0.2, 0.25) is 11.8 Å². The summed E-state index contributed by atoms with van der Waals surface area (Å²) in [5.41, 5.74) is 1.03. The Hall–Kier alpha value is -3.42. The van der Waals surface area contributed by atoms with Gasteiger partial charge >= 0.3 is 0 Å². The Labute approximate surface area is 182 Å². The molecule has 1 atom stereocenters. The molecule has 1 N–H and O–H groups in total. The molecule has 2 aromatic carbocycles. The van der Waals surface area contributed by atoms with Gasteiger partial charge in [0.25, 0.3) is 5.69 Å². The van der Waals surface area contributed by atoms with Crippen molar-refractivity contribution >= 4 is 17.5 Å². The minimum absolute atomic E-state index is 0.0744. The van der Waals surface area contributed by atoms with Crippen LogP contribution in [0.4, 0.5) is 5.69 Å². The number of para-hydroxylation sites is 1. The first-order chi connectivity index (χ1) is 14.8. The molecular formula is C23H29N3O5. The van der Waals surface area contributed by atoms with E-state index in [0.29, 0.717) is 17.7 Å². The second-order valence-electron chi connectivity index (χ2n) is 7.52. The summed E-state index contributed by atoms with van der Waals surface area (Å²) in [7, 11) is 1.57. The van der Waals surface area contributed by atoms with Crippen LogP contribution in [0.15, 0.2) is 48.5 Å². The summed E-state index contributed by atoms with van der Waals surface area (Å²) >= 11 is 0. The van der Waals surface area contributed by atoms with Crippen LogP contribution in [0, 0.1) is 10.1 Å². The molecule has 2 aromatic rings. The predicted octanol–water partition coefficient (Wildman–Crippen LogP) is 3.48. The fourth-order valence-electron chi connectivity index (χ4n) is 3.33. The van der Waals surface area contributed by atoms with E-state index in [2.05, 4.69) is 5.32 Å². The molecule has 2 rings (SSSR count). The smallest absolute Gasteiger partial charge is 0.273 e. The Morgan fingerprint density at radius 2 is 1.77 bits per heavy atom. The van der Waals surface area contributed by atoms with Gasteiger partial charge in [-0.2, -0.15) is 0 Å². The average molecular weight is 428 g/mol. The number of benzene rings is 2. The van der Waals surface area contributed by atoms with Crippen LogP contribution in [0.3, 0.4) is 0 Å². The number of nitro groups is 1. The number of hydrogen-bond donors (Lipinski definition) is 1. The van der Waals surface area contributed by atoms with Crippen LogP contribution in [0.1, 0.15) is 38.3 Å². The maximum atomic E-state index is 13.3. The first kappa shape index (κ1) is 23.9. The zero-order chi connectivity index (χ0) is 23.0. The van der Waals surface area contributed by atoms with Crippen molar-refractivity contribution in [3.63, 3.8) is 0 Å². The van der Waals surface area contributed by atoms with Crippen molar-refractivity contribution < 1.29 is 19.2 Å². The van der Waals surface area contributed by atoms with Crippen molar-refractivity contribution in [2.24, 2.45) is 0 Å². The van der Waals surface area contributed by atoms with Crippen molar-refractivity contribution in [1.29, 1.82) is 0 Å². The number of nitrogens with one attached hydrogen (secondary N) is 1. The van der Waals surface area contributed by atoms with E-state index in [1.54, 1.807) is 37.4 Å². The van der Waals surface area contributed by atoms with Crippen LogP contribution in [0.2, 0.25) is 0 Å². The van der Waals surface area contributed by atoms with E-state index in [-0.39, 0.29) is 36.5 Å². The molecule has 0 aromatic heterocycles. The molecule has 0 spiro atoms. The van der Waals surface area contributed by atoms with E-state index < -0.39 is 11.0 Å². The molecule has 0 aliphatic carbocycles. The standard InChI is InChI=1S/C23H29N3O5/c1-5-20(23(28)24-16(2)3)25(15-17-10-12-19(31-4)13-11-17)22(27)14-18-8-6-7-9-21(18)26(29)30/h6-13,16,20H,5,14-15H2,1-4H3,(H,24,28)/t20-/m0/s1. The highest BCUT2D eigenvalue weighted by molar-refractivity contribution is 5.89. The molecule has 0 radical (unpaired) electrons. The Bertz CT molecular complexity index is 912. The van der Waals surface area contributed by atoms with Gasteiger partial charge < -0.3 is 15.0 Å². The lowest BCUT2D eigenvalue weighted by atomic mass is 10.1. The SMILES string of the molecule is CC[C@@H](C(=O)NC(C)C)N(Cc1ccc(OC)cc1)C(=O)Cc1ccccc1[N+](=O)[O-]. The van der Waals surface area contributed by atoms with Crippen molar-refractivity contribution in [2.75, 3.05) is 7.11 Å². The Balaban J connectivity index is 2.36. The van der Waals surface area contributed by atoms with E-state index >= 15 is 0 Å². The van der Waals surface area contributed by atoms with Crippen LogP contribution in [-0.4, -0.2) is 40.8 Å². The van der Waals surface area contributed by atoms with Crippen molar-refractivity contribution in [3.05, 3.63) is 69.8 Å². The third-order valence-corrected chi connectivity index (χ3v) is 4.86. The molecule has 0 aliphatic rings. The zero-order valence-electron chi connectivity index (χ0n) is 18.3. The van der Waals surface area contributed by atoms with E-state index in [1.165, 1.54) is 11.0 Å². The molecule has 2 amide bonds. The van der Waals surface area contributed by atoms with Crippen molar-refractivity contribution in [3.8, 4) is 5.75 Å². The number of carbonyl (C=O) groups excluding carboxylic acids is 2. The monoisotopic (exact) mass is 427 g/mol. The van der Waals surface area contributed by atoms with E-state index in [9.17, 15) is 19.7 Å². The minimum atomic E-state index is -0.695. The van der Waals surface area contributed by atoms with Crippen molar-refractivity contribution in [1.82, 2.24) is 10.2 Å². The number of nitro benzene ring substituents is 1. The maximum absolute atomic E-state index is 13.3. The zero-order valence-corrected chi connectivity index (χ0v) is 18.3. The molecule has 0 heterocycles. The van der Waals surface area contributed by atoms with Gasteiger partial charge in [0.05, 0.1) is 18.5 Å². The van der Waals surface area contributed by atoms with Gasteiger partial charge in [-0.3, -0.25) is 19.7 Å². The molecule has 31 heavy (non-hydrogen) atoms. The van der Waals surface area contributed by atoms with Crippen LogP contribution in [-0.2, 0) is 22.6 Å². The van der Waals surface area contributed by atoms with Crippen molar-refractivity contribution in [2.45, 2.75) is 52.2 Å². The van der Waals surface area contributed by atoms with Gasteiger partial charge in [0.15, 0.2) is 0 Å². The summed E-state index contributed by atoms with van der Waals surface area (Å²) in [6.07, 6.45) is 0.246. The number of carbonyl (C=O) groups is 2. The van der Waals surface area contributed by atoms with Crippen LogP contribution >= 0.6 is 0 Å². The van der Waals surface area contributed by atoms with Gasteiger partial charge in [0.1, 0.15) is 11.8 Å².